The molecule has 4 rings (SSSR count). The topological polar surface area (TPSA) is 76.7 Å². The average Bonchev–Trinajstić information content (AvgIpc) is 3.31. The Balaban J connectivity index is 1.39. The molecule has 1 atom stereocenters. The molecular weight excluding hydrogens is 322 g/mol. The minimum atomic E-state index is -0.600. The molecule has 0 fully saturated rings. The third-order valence-electron chi connectivity index (χ3n) is 4.66. The van der Waals surface area contributed by atoms with Crippen LogP contribution in [0.5, 0.6) is 17.2 Å². The summed E-state index contributed by atoms with van der Waals surface area (Å²) in [6, 6.07) is 5.30. The third-order valence-corrected chi connectivity index (χ3v) is 4.66. The van der Waals surface area contributed by atoms with E-state index < -0.39 is 6.10 Å². The van der Waals surface area contributed by atoms with Crippen LogP contribution in [0.2, 0.25) is 0 Å². The first-order chi connectivity index (χ1) is 12.1. The van der Waals surface area contributed by atoms with Gasteiger partial charge in [-0.05, 0) is 43.9 Å². The molecule has 1 aliphatic heterocycles. The number of rotatable bonds is 5. The summed E-state index contributed by atoms with van der Waals surface area (Å²) in [5.74, 6) is 1.82. The van der Waals surface area contributed by atoms with Gasteiger partial charge in [0.25, 0.3) is 5.91 Å². The van der Waals surface area contributed by atoms with E-state index in [1.165, 1.54) is 11.3 Å². The molecule has 132 valence electrons. The van der Waals surface area contributed by atoms with Crippen LogP contribution in [-0.4, -0.2) is 40.9 Å². The molecule has 0 unspecified atom stereocenters. The second-order valence-corrected chi connectivity index (χ2v) is 6.45. The number of aromatic nitrogens is 2. The van der Waals surface area contributed by atoms with Crippen LogP contribution in [0, 0.1) is 0 Å². The van der Waals surface area contributed by atoms with E-state index in [0.717, 1.165) is 25.0 Å². The quantitative estimate of drug-likeness (QED) is 0.899. The summed E-state index contributed by atoms with van der Waals surface area (Å²) in [4.78, 5) is 14.3. The molecule has 0 saturated carbocycles. The summed E-state index contributed by atoms with van der Waals surface area (Å²) < 4.78 is 16.4. The maximum atomic E-state index is 12.6. The van der Waals surface area contributed by atoms with Crippen molar-refractivity contribution in [2.45, 2.75) is 38.8 Å². The van der Waals surface area contributed by atoms with Gasteiger partial charge in [-0.1, -0.05) is 0 Å². The van der Waals surface area contributed by atoms with Crippen molar-refractivity contribution < 1.29 is 19.0 Å². The minimum Gasteiger partial charge on any atom is -0.481 e. The lowest BCUT2D eigenvalue weighted by Gasteiger charge is -2.22. The molecule has 25 heavy (non-hydrogen) atoms. The highest BCUT2D eigenvalue weighted by Gasteiger charge is 2.24. The highest BCUT2D eigenvalue weighted by Crippen LogP contribution is 2.35. The van der Waals surface area contributed by atoms with Gasteiger partial charge in [-0.2, -0.15) is 5.10 Å². The molecule has 7 heteroatoms. The van der Waals surface area contributed by atoms with Crippen LogP contribution >= 0.6 is 0 Å². The summed E-state index contributed by atoms with van der Waals surface area (Å²) in [5, 5.41) is 7.43. The zero-order valence-electron chi connectivity index (χ0n) is 14.4. The van der Waals surface area contributed by atoms with Crippen LogP contribution in [0.15, 0.2) is 18.2 Å². The first-order valence-corrected chi connectivity index (χ1v) is 8.48. The Morgan fingerprint density at radius 1 is 1.36 bits per heavy atom. The Morgan fingerprint density at radius 3 is 3.08 bits per heavy atom. The molecule has 0 bridgehead atoms. The van der Waals surface area contributed by atoms with Crippen molar-refractivity contribution in [3.63, 3.8) is 0 Å². The second-order valence-electron chi connectivity index (χ2n) is 6.45. The van der Waals surface area contributed by atoms with Crippen LogP contribution in [-0.2, 0) is 24.2 Å². The molecule has 0 spiro atoms. The lowest BCUT2D eigenvalue weighted by atomic mass is 10.2. The number of amides is 1. The normalized spacial score (nSPS) is 15.8. The molecule has 2 aliphatic rings. The van der Waals surface area contributed by atoms with Crippen LogP contribution in [0.1, 0.15) is 30.3 Å². The van der Waals surface area contributed by atoms with Crippen molar-refractivity contribution in [2.24, 2.45) is 0 Å². The zero-order valence-corrected chi connectivity index (χ0v) is 14.4. The van der Waals surface area contributed by atoms with Gasteiger partial charge in [0.15, 0.2) is 17.6 Å². The maximum absolute atomic E-state index is 12.6. The van der Waals surface area contributed by atoms with Crippen molar-refractivity contribution >= 4 is 5.91 Å². The van der Waals surface area contributed by atoms with Crippen LogP contribution in [0.25, 0.3) is 0 Å². The lowest BCUT2D eigenvalue weighted by molar-refractivity contribution is -0.137. The predicted octanol–water partition coefficient (Wildman–Crippen LogP) is 2.05. The molecule has 1 aromatic carbocycles. The first kappa shape index (κ1) is 15.8. The maximum Gasteiger partial charge on any atom is 0.263 e. The molecule has 1 N–H and O–H groups in total. The Morgan fingerprint density at radius 2 is 2.20 bits per heavy atom. The molecule has 0 saturated heterocycles. The van der Waals surface area contributed by atoms with E-state index in [0.29, 0.717) is 23.8 Å². The number of aromatic amines is 1. The number of carbonyl (C=O) groups excluding carboxylic acids is 1. The van der Waals surface area contributed by atoms with E-state index in [4.69, 9.17) is 14.2 Å². The molecule has 7 nitrogen and oxygen atoms in total. The van der Waals surface area contributed by atoms with Gasteiger partial charge in [-0.3, -0.25) is 9.89 Å². The number of fused-ring (bicyclic) bond motifs is 2. The number of benzene rings is 1. The Kier molecular flexibility index (Phi) is 3.99. The average molecular weight is 343 g/mol. The van der Waals surface area contributed by atoms with Gasteiger partial charge in [0.1, 0.15) is 5.75 Å². The van der Waals surface area contributed by atoms with Gasteiger partial charge in [-0.15, -0.1) is 0 Å². The number of likely N-dealkylation sites (N-methyl/N-ethyl adjacent to an activating group) is 1. The number of H-pyrrole nitrogens is 1. The SMILES string of the molecule is C[C@H](Oc1ccc2c(c1)OCO2)C(=O)N(C)Cc1n[nH]c2c1CCC2. The highest BCUT2D eigenvalue weighted by molar-refractivity contribution is 5.80. The fourth-order valence-corrected chi connectivity index (χ4v) is 3.34. The van der Waals surface area contributed by atoms with E-state index >= 15 is 0 Å². The van der Waals surface area contributed by atoms with Crippen LogP contribution in [0.4, 0.5) is 0 Å². The van der Waals surface area contributed by atoms with Gasteiger partial charge in [0.2, 0.25) is 6.79 Å². The smallest absolute Gasteiger partial charge is 0.263 e. The van der Waals surface area contributed by atoms with Gasteiger partial charge in [-0.25, -0.2) is 0 Å². The number of hydrogen-bond donors (Lipinski definition) is 1. The van der Waals surface area contributed by atoms with E-state index in [-0.39, 0.29) is 12.7 Å². The zero-order chi connectivity index (χ0) is 17.4. The summed E-state index contributed by atoms with van der Waals surface area (Å²) in [6.07, 6.45) is 2.63. The number of carbonyl (C=O) groups is 1. The fraction of sp³-hybridized carbons (Fsp3) is 0.444. The Hall–Kier alpha value is -2.70. The molecule has 1 amide bonds. The molecule has 2 aromatic rings. The summed E-state index contributed by atoms with van der Waals surface area (Å²) in [6.45, 7) is 2.45. The standard InChI is InChI=1S/C18H21N3O4/c1-11(25-12-6-7-16-17(8-12)24-10-23-16)18(22)21(2)9-15-13-4-3-5-14(13)19-20-15/h6-8,11H,3-5,9-10H2,1-2H3,(H,19,20)/t11-/m0/s1. The minimum absolute atomic E-state index is 0.0904. The number of ether oxygens (including phenoxy) is 3. The van der Waals surface area contributed by atoms with Gasteiger partial charge >= 0.3 is 0 Å². The van der Waals surface area contributed by atoms with E-state index in [2.05, 4.69) is 10.2 Å². The summed E-state index contributed by atoms with van der Waals surface area (Å²) in [5.41, 5.74) is 3.43. The van der Waals surface area contributed by atoms with Crippen molar-refractivity contribution in [3.05, 3.63) is 35.2 Å². The third kappa shape index (κ3) is 3.01. The molecule has 2 heterocycles. The lowest BCUT2D eigenvalue weighted by Crippen LogP contribution is -2.37. The van der Waals surface area contributed by atoms with Crippen molar-refractivity contribution in [3.8, 4) is 17.2 Å². The van der Waals surface area contributed by atoms with E-state index in [1.807, 2.05) is 0 Å². The highest BCUT2D eigenvalue weighted by atomic mass is 16.7. The molecular formula is C18H21N3O4. The van der Waals surface area contributed by atoms with Gasteiger partial charge in [0.05, 0.1) is 12.2 Å². The number of nitrogens with zero attached hydrogens (tertiary/aromatic N) is 2. The van der Waals surface area contributed by atoms with Crippen LogP contribution in [0.3, 0.4) is 0 Å². The first-order valence-electron chi connectivity index (χ1n) is 8.48. The predicted molar refractivity (Wildman–Crippen MR) is 89.7 cm³/mol. The van der Waals surface area contributed by atoms with Gasteiger partial charge < -0.3 is 19.1 Å². The molecule has 0 radical (unpaired) electrons. The Labute approximate surface area is 145 Å². The summed E-state index contributed by atoms with van der Waals surface area (Å²) in [7, 11) is 1.78. The molecule has 1 aromatic heterocycles. The fourth-order valence-electron chi connectivity index (χ4n) is 3.34. The molecule has 1 aliphatic carbocycles. The van der Waals surface area contributed by atoms with Crippen molar-refractivity contribution in [1.82, 2.24) is 15.1 Å². The number of hydrogen-bond acceptors (Lipinski definition) is 5. The monoisotopic (exact) mass is 343 g/mol. The number of aryl methyl sites for hydroxylation is 1. The van der Waals surface area contributed by atoms with E-state index in [1.54, 1.807) is 37.1 Å². The van der Waals surface area contributed by atoms with Crippen molar-refractivity contribution in [1.29, 1.82) is 0 Å². The van der Waals surface area contributed by atoms with Gasteiger partial charge in [0, 0.05) is 18.8 Å². The largest absolute Gasteiger partial charge is 0.481 e. The number of nitrogens with one attached hydrogen (secondary N) is 1. The second kappa shape index (κ2) is 6.31. The van der Waals surface area contributed by atoms with Crippen LogP contribution < -0.4 is 14.2 Å². The van der Waals surface area contributed by atoms with E-state index in [9.17, 15) is 4.79 Å². The van der Waals surface area contributed by atoms with Crippen molar-refractivity contribution in [2.75, 3.05) is 13.8 Å². The Bertz CT molecular complexity index is 802. The summed E-state index contributed by atoms with van der Waals surface area (Å²) >= 11 is 0.